The summed E-state index contributed by atoms with van der Waals surface area (Å²) in [5.74, 6) is 2.88. The Bertz CT molecular complexity index is 434. The van der Waals surface area contributed by atoms with Gasteiger partial charge in [-0.25, -0.2) is 0 Å². The van der Waals surface area contributed by atoms with Crippen molar-refractivity contribution in [3.8, 4) is 18.1 Å². The summed E-state index contributed by atoms with van der Waals surface area (Å²) in [5.41, 5.74) is 6.12. The second-order valence-electron chi connectivity index (χ2n) is 4.29. The van der Waals surface area contributed by atoms with Crippen molar-refractivity contribution in [3.05, 3.63) is 29.8 Å². The van der Waals surface area contributed by atoms with Crippen LogP contribution in [-0.2, 0) is 11.3 Å². The SMILES string of the molecule is C#CC(CCC)NCc1ccc(OCC(N)=O)cc1. The van der Waals surface area contributed by atoms with E-state index < -0.39 is 5.91 Å². The molecule has 1 aromatic carbocycles. The number of benzene rings is 1. The molecule has 0 fully saturated rings. The minimum atomic E-state index is -0.484. The molecule has 0 heterocycles. The van der Waals surface area contributed by atoms with Crippen molar-refractivity contribution in [2.45, 2.75) is 32.4 Å². The molecule has 0 bridgehead atoms. The summed E-state index contributed by atoms with van der Waals surface area (Å²) < 4.78 is 5.18. The van der Waals surface area contributed by atoms with Crippen LogP contribution in [0.4, 0.5) is 0 Å². The first-order valence-electron chi connectivity index (χ1n) is 6.35. The number of rotatable bonds is 8. The number of nitrogens with one attached hydrogen (secondary N) is 1. The summed E-state index contributed by atoms with van der Waals surface area (Å²) in [4.78, 5) is 10.6. The number of nitrogens with two attached hydrogens (primary N) is 1. The van der Waals surface area contributed by atoms with Gasteiger partial charge in [-0.1, -0.05) is 31.4 Å². The lowest BCUT2D eigenvalue weighted by Gasteiger charge is -2.12. The van der Waals surface area contributed by atoms with Crippen LogP contribution in [0.5, 0.6) is 5.75 Å². The third kappa shape index (κ3) is 5.94. The van der Waals surface area contributed by atoms with Crippen molar-refractivity contribution in [3.63, 3.8) is 0 Å². The maximum absolute atomic E-state index is 10.6. The first-order valence-corrected chi connectivity index (χ1v) is 6.35. The molecule has 1 amide bonds. The fourth-order valence-electron chi connectivity index (χ4n) is 1.63. The quantitative estimate of drug-likeness (QED) is 0.695. The predicted octanol–water partition coefficient (Wildman–Crippen LogP) is 1.44. The van der Waals surface area contributed by atoms with E-state index in [1.165, 1.54) is 0 Å². The lowest BCUT2D eigenvalue weighted by Crippen LogP contribution is -2.26. The number of ether oxygens (including phenoxy) is 1. The maximum atomic E-state index is 10.6. The van der Waals surface area contributed by atoms with E-state index in [-0.39, 0.29) is 12.6 Å². The Morgan fingerprint density at radius 1 is 1.47 bits per heavy atom. The molecule has 0 saturated heterocycles. The first kappa shape index (κ1) is 15.1. The van der Waals surface area contributed by atoms with E-state index in [1.54, 1.807) is 0 Å². The van der Waals surface area contributed by atoms with Crippen molar-refractivity contribution >= 4 is 5.91 Å². The summed E-state index contributed by atoms with van der Waals surface area (Å²) >= 11 is 0. The molecular weight excluding hydrogens is 240 g/mol. The normalized spacial score (nSPS) is 11.6. The molecule has 0 aliphatic rings. The van der Waals surface area contributed by atoms with Crippen LogP contribution >= 0.6 is 0 Å². The molecule has 1 unspecified atom stereocenters. The summed E-state index contributed by atoms with van der Waals surface area (Å²) in [6.07, 6.45) is 7.46. The monoisotopic (exact) mass is 260 g/mol. The minimum Gasteiger partial charge on any atom is -0.484 e. The van der Waals surface area contributed by atoms with Crippen LogP contribution < -0.4 is 15.8 Å². The van der Waals surface area contributed by atoms with Crippen LogP contribution in [0.1, 0.15) is 25.3 Å². The molecule has 0 aromatic heterocycles. The van der Waals surface area contributed by atoms with E-state index in [2.05, 4.69) is 18.2 Å². The molecule has 1 rings (SSSR count). The predicted molar refractivity (Wildman–Crippen MR) is 75.5 cm³/mol. The smallest absolute Gasteiger partial charge is 0.255 e. The lowest BCUT2D eigenvalue weighted by molar-refractivity contribution is -0.119. The van der Waals surface area contributed by atoms with Crippen LogP contribution in [0.25, 0.3) is 0 Å². The second-order valence-corrected chi connectivity index (χ2v) is 4.29. The van der Waals surface area contributed by atoms with E-state index >= 15 is 0 Å². The van der Waals surface area contributed by atoms with E-state index in [0.717, 1.165) is 18.4 Å². The van der Waals surface area contributed by atoms with Gasteiger partial charge in [0.05, 0.1) is 6.04 Å². The Hall–Kier alpha value is -1.99. The molecule has 0 spiro atoms. The van der Waals surface area contributed by atoms with Gasteiger partial charge in [-0.15, -0.1) is 6.42 Å². The standard InChI is InChI=1S/C15H20N2O2/c1-3-5-13(4-2)17-10-12-6-8-14(9-7-12)19-11-15(16)18/h2,6-9,13,17H,3,5,10-11H2,1H3,(H2,16,18). The summed E-state index contributed by atoms with van der Waals surface area (Å²) in [6, 6.07) is 7.59. The Balaban J connectivity index is 2.43. The van der Waals surface area contributed by atoms with E-state index in [0.29, 0.717) is 12.3 Å². The van der Waals surface area contributed by atoms with Gasteiger partial charge in [-0.2, -0.15) is 0 Å². The van der Waals surface area contributed by atoms with Crippen molar-refractivity contribution in [1.82, 2.24) is 5.32 Å². The molecule has 4 heteroatoms. The van der Waals surface area contributed by atoms with Gasteiger partial charge in [0.15, 0.2) is 6.61 Å². The molecule has 0 saturated carbocycles. The molecule has 1 atom stereocenters. The van der Waals surface area contributed by atoms with Crippen LogP contribution in [0.15, 0.2) is 24.3 Å². The number of carbonyl (C=O) groups is 1. The van der Waals surface area contributed by atoms with Crippen molar-refractivity contribution in [1.29, 1.82) is 0 Å². The minimum absolute atomic E-state index is 0.104. The van der Waals surface area contributed by atoms with Crippen LogP contribution in [0.3, 0.4) is 0 Å². The highest BCUT2D eigenvalue weighted by Gasteiger charge is 2.03. The molecule has 0 radical (unpaired) electrons. The van der Waals surface area contributed by atoms with E-state index in [4.69, 9.17) is 16.9 Å². The third-order valence-corrected chi connectivity index (χ3v) is 2.64. The Labute approximate surface area is 114 Å². The van der Waals surface area contributed by atoms with Gasteiger partial charge < -0.3 is 10.5 Å². The zero-order chi connectivity index (χ0) is 14.1. The number of hydrogen-bond donors (Lipinski definition) is 2. The summed E-state index contributed by atoms with van der Waals surface area (Å²) in [7, 11) is 0. The first-order chi connectivity index (χ1) is 9.15. The Morgan fingerprint density at radius 2 is 2.16 bits per heavy atom. The fourth-order valence-corrected chi connectivity index (χ4v) is 1.63. The Kier molecular flexibility index (Phi) is 6.48. The molecule has 19 heavy (non-hydrogen) atoms. The van der Waals surface area contributed by atoms with Crippen molar-refractivity contribution in [2.75, 3.05) is 6.61 Å². The average Bonchev–Trinajstić information content (AvgIpc) is 2.42. The molecule has 4 nitrogen and oxygen atoms in total. The zero-order valence-corrected chi connectivity index (χ0v) is 11.2. The average molecular weight is 260 g/mol. The number of terminal acetylenes is 1. The fraction of sp³-hybridized carbons (Fsp3) is 0.400. The highest BCUT2D eigenvalue weighted by atomic mass is 16.5. The van der Waals surface area contributed by atoms with Gasteiger partial charge in [0.1, 0.15) is 5.75 Å². The van der Waals surface area contributed by atoms with Crippen LogP contribution in [0, 0.1) is 12.3 Å². The maximum Gasteiger partial charge on any atom is 0.255 e. The highest BCUT2D eigenvalue weighted by molar-refractivity contribution is 5.75. The summed E-state index contributed by atoms with van der Waals surface area (Å²) in [5, 5.41) is 3.31. The number of primary amides is 1. The second kappa shape index (κ2) is 8.17. The van der Waals surface area contributed by atoms with Gasteiger partial charge in [0.2, 0.25) is 0 Å². The van der Waals surface area contributed by atoms with Gasteiger partial charge in [0, 0.05) is 6.54 Å². The third-order valence-electron chi connectivity index (χ3n) is 2.64. The largest absolute Gasteiger partial charge is 0.484 e. The Morgan fingerprint density at radius 3 is 2.68 bits per heavy atom. The molecule has 1 aromatic rings. The number of carbonyl (C=O) groups excluding carboxylic acids is 1. The van der Waals surface area contributed by atoms with Gasteiger partial charge in [0.25, 0.3) is 5.91 Å². The van der Waals surface area contributed by atoms with Crippen molar-refractivity contribution < 1.29 is 9.53 Å². The topological polar surface area (TPSA) is 64.3 Å². The van der Waals surface area contributed by atoms with Gasteiger partial charge in [-0.3, -0.25) is 10.1 Å². The van der Waals surface area contributed by atoms with Gasteiger partial charge >= 0.3 is 0 Å². The highest BCUT2D eigenvalue weighted by Crippen LogP contribution is 2.12. The molecule has 0 aliphatic heterocycles. The molecular formula is C15H20N2O2. The van der Waals surface area contributed by atoms with Crippen molar-refractivity contribution in [2.24, 2.45) is 5.73 Å². The van der Waals surface area contributed by atoms with Crippen LogP contribution in [0.2, 0.25) is 0 Å². The molecule has 0 aliphatic carbocycles. The van der Waals surface area contributed by atoms with E-state index in [9.17, 15) is 4.79 Å². The van der Waals surface area contributed by atoms with Gasteiger partial charge in [-0.05, 0) is 24.1 Å². The zero-order valence-electron chi connectivity index (χ0n) is 11.2. The molecule has 102 valence electrons. The number of hydrogen-bond acceptors (Lipinski definition) is 3. The van der Waals surface area contributed by atoms with E-state index in [1.807, 2.05) is 24.3 Å². The van der Waals surface area contributed by atoms with Crippen LogP contribution in [-0.4, -0.2) is 18.6 Å². The summed E-state index contributed by atoms with van der Waals surface area (Å²) in [6.45, 7) is 2.72. The number of amides is 1. The molecule has 3 N–H and O–H groups in total. The lowest BCUT2D eigenvalue weighted by atomic mass is 10.1.